The summed E-state index contributed by atoms with van der Waals surface area (Å²) in [5.41, 5.74) is 1.60. The molecule has 1 aromatic carbocycles. The molecule has 0 bridgehead atoms. The van der Waals surface area contributed by atoms with Gasteiger partial charge in [0.2, 0.25) is 5.91 Å². The molecule has 0 spiro atoms. The van der Waals surface area contributed by atoms with Crippen molar-refractivity contribution in [3.63, 3.8) is 0 Å². The van der Waals surface area contributed by atoms with Crippen LogP contribution in [0, 0.1) is 0 Å². The van der Waals surface area contributed by atoms with Gasteiger partial charge >= 0.3 is 22.5 Å². The van der Waals surface area contributed by atoms with Gasteiger partial charge in [-0.25, -0.2) is 9.59 Å². The van der Waals surface area contributed by atoms with E-state index >= 15 is 0 Å². The molecule has 3 rings (SSSR count). The number of rotatable bonds is 5. The largest absolute Gasteiger partial charge is 0.374 e. The van der Waals surface area contributed by atoms with Crippen LogP contribution in [0.1, 0.15) is 11.1 Å². The maximum Gasteiger partial charge on any atom is 0.374 e. The number of carbonyl (C=O) groups excluding carboxylic acids is 3. The number of nitrogens with one attached hydrogen (secondary N) is 2. The van der Waals surface area contributed by atoms with Crippen LogP contribution in [-0.4, -0.2) is 73.2 Å². The molecular weight excluding hydrogens is 393 g/mol. The highest BCUT2D eigenvalue weighted by Gasteiger charge is 2.29. The van der Waals surface area contributed by atoms with Crippen LogP contribution >= 0.6 is 0 Å². The van der Waals surface area contributed by atoms with Crippen molar-refractivity contribution in [2.24, 2.45) is 0 Å². The predicted octanol–water partition coefficient (Wildman–Crippen LogP) is -0.220. The fraction of sp³-hybridized carbons (Fsp3) is 0.438. The molecule has 28 heavy (non-hydrogen) atoms. The van der Waals surface area contributed by atoms with Gasteiger partial charge in [0.25, 0.3) is 0 Å². The Morgan fingerprint density at radius 3 is 2.21 bits per heavy atom. The third kappa shape index (κ3) is 4.75. The minimum absolute atomic E-state index is 0.00840. The first-order valence-corrected chi connectivity index (χ1v) is 9.96. The summed E-state index contributed by atoms with van der Waals surface area (Å²) in [7, 11) is -4.72. The molecule has 10 nitrogen and oxygen atoms in total. The van der Waals surface area contributed by atoms with Gasteiger partial charge in [-0.15, -0.1) is 0 Å². The van der Waals surface area contributed by atoms with Crippen molar-refractivity contribution in [1.82, 2.24) is 24.7 Å². The fourth-order valence-electron chi connectivity index (χ4n) is 2.96. The molecular formula is C16H20FN5O5S. The van der Waals surface area contributed by atoms with Crippen molar-refractivity contribution in [3.05, 3.63) is 35.4 Å². The molecule has 2 aliphatic rings. The maximum atomic E-state index is 12.9. The van der Waals surface area contributed by atoms with Crippen molar-refractivity contribution in [1.29, 1.82) is 0 Å². The number of halogens is 1. The Labute approximate surface area is 161 Å². The topological polar surface area (TPSA) is 119 Å². The summed E-state index contributed by atoms with van der Waals surface area (Å²) >= 11 is 0. The Morgan fingerprint density at radius 2 is 1.68 bits per heavy atom. The second-order valence-electron chi connectivity index (χ2n) is 6.44. The molecule has 2 aliphatic heterocycles. The van der Waals surface area contributed by atoms with Crippen molar-refractivity contribution < 1.29 is 26.7 Å². The minimum atomic E-state index is -4.72. The smallest absolute Gasteiger partial charge is 0.334 e. The number of amides is 5. The Hall–Kier alpha value is -2.73. The summed E-state index contributed by atoms with van der Waals surface area (Å²) in [5.74, 6) is -0.276. The number of piperazine rings is 1. The van der Waals surface area contributed by atoms with Crippen LogP contribution < -0.4 is 10.6 Å². The number of urea groups is 2. The lowest BCUT2D eigenvalue weighted by Crippen LogP contribution is -2.52. The summed E-state index contributed by atoms with van der Waals surface area (Å²) in [6.45, 7) is 0.505. The summed E-state index contributed by atoms with van der Waals surface area (Å²) in [4.78, 5) is 37.9. The highest BCUT2D eigenvalue weighted by molar-refractivity contribution is 7.83. The zero-order valence-corrected chi connectivity index (χ0v) is 15.7. The zero-order valence-electron chi connectivity index (χ0n) is 14.9. The molecule has 12 heteroatoms. The van der Waals surface area contributed by atoms with E-state index in [0.29, 0.717) is 4.31 Å². The van der Waals surface area contributed by atoms with E-state index in [-0.39, 0.29) is 57.8 Å². The minimum Gasteiger partial charge on any atom is -0.334 e. The van der Waals surface area contributed by atoms with Crippen LogP contribution in [0.2, 0.25) is 0 Å². The molecule has 1 aromatic rings. The highest BCUT2D eigenvalue weighted by Crippen LogP contribution is 2.11. The van der Waals surface area contributed by atoms with E-state index in [1.165, 1.54) is 4.90 Å². The molecule has 0 radical (unpaired) electrons. The van der Waals surface area contributed by atoms with Crippen LogP contribution in [0.3, 0.4) is 0 Å². The van der Waals surface area contributed by atoms with Crippen molar-refractivity contribution in [2.45, 2.75) is 13.1 Å². The SMILES string of the molecule is O=C(NCc1ccc(CN2C(=O)CNC2=O)cc1)N1CCN(S(=O)(=O)F)CC1. The van der Waals surface area contributed by atoms with Crippen LogP contribution in [0.15, 0.2) is 24.3 Å². The Balaban J connectivity index is 1.47. The van der Waals surface area contributed by atoms with Crippen molar-refractivity contribution in [3.8, 4) is 0 Å². The average Bonchev–Trinajstić information content (AvgIpc) is 2.98. The molecule has 152 valence electrons. The molecule has 2 N–H and O–H groups in total. The van der Waals surface area contributed by atoms with Crippen molar-refractivity contribution >= 4 is 28.4 Å². The summed E-state index contributed by atoms with van der Waals surface area (Å²) in [6.07, 6.45) is 0. The van der Waals surface area contributed by atoms with E-state index in [1.807, 2.05) is 0 Å². The number of nitrogens with zero attached hydrogens (tertiary/aromatic N) is 3. The molecule has 0 unspecified atom stereocenters. The van der Waals surface area contributed by atoms with Gasteiger partial charge in [0, 0.05) is 32.7 Å². The van der Waals surface area contributed by atoms with Gasteiger partial charge in [0.1, 0.15) is 0 Å². The highest BCUT2D eigenvalue weighted by atomic mass is 32.3. The van der Waals surface area contributed by atoms with Crippen LogP contribution in [0.5, 0.6) is 0 Å². The first-order chi connectivity index (χ1) is 13.2. The summed E-state index contributed by atoms with van der Waals surface area (Å²) in [5, 5.41) is 5.18. The van der Waals surface area contributed by atoms with Crippen LogP contribution in [0.4, 0.5) is 13.5 Å². The molecule has 0 aliphatic carbocycles. The molecule has 2 saturated heterocycles. The third-order valence-electron chi connectivity index (χ3n) is 4.58. The Morgan fingerprint density at radius 1 is 1.07 bits per heavy atom. The Bertz CT molecular complexity index is 852. The van der Waals surface area contributed by atoms with E-state index in [9.17, 15) is 26.7 Å². The van der Waals surface area contributed by atoms with E-state index in [0.717, 1.165) is 16.0 Å². The van der Waals surface area contributed by atoms with E-state index in [1.54, 1.807) is 24.3 Å². The molecule has 0 aromatic heterocycles. The monoisotopic (exact) mass is 413 g/mol. The average molecular weight is 413 g/mol. The molecule has 0 atom stereocenters. The van der Waals surface area contributed by atoms with Crippen LogP contribution in [-0.2, 0) is 28.3 Å². The summed E-state index contributed by atoms with van der Waals surface area (Å²) in [6, 6.07) is 6.32. The molecule has 5 amide bonds. The van der Waals surface area contributed by atoms with E-state index in [4.69, 9.17) is 0 Å². The van der Waals surface area contributed by atoms with E-state index in [2.05, 4.69) is 10.6 Å². The number of imide groups is 1. The van der Waals surface area contributed by atoms with Crippen LogP contribution in [0.25, 0.3) is 0 Å². The van der Waals surface area contributed by atoms with Gasteiger partial charge in [-0.2, -0.15) is 12.7 Å². The lowest BCUT2D eigenvalue weighted by atomic mass is 10.1. The van der Waals surface area contributed by atoms with Crippen molar-refractivity contribution in [2.75, 3.05) is 32.7 Å². The lowest BCUT2D eigenvalue weighted by molar-refractivity contribution is -0.125. The number of hydrogen-bond donors (Lipinski definition) is 2. The first kappa shape index (κ1) is 20.0. The standard InChI is InChI=1S/C16H20FN5O5S/c17-28(26,27)21-7-5-20(6-8-21)15(24)18-9-12-1-3-13(4-2-12)11-22-14(23)10-19-16(22)25/h1-4H,5-11H2,(H,18,24)(H,19,25). The predicted molar refractivity (Wildman–Crippen MR) is 95.8 cm³/mol. The second-order valence-corrected chi connectivity index (χ2v) is 7.78. The normalized spacial score (nSPS) is 18.3. The van der Waals surface area contributed by atoms with Gasteiger partial charge in [-0.05, 0) is 11.1 Å². The van der Waals surface area contributed by atoms with Gasteiger partial charge < -0.3 is 15.5 Å². The fourth-order valence-corrected chi connectivity index (χ4v) is 3.56. The quantitative estimate of drug-likeness (QED) is 0.511. The maximum absolute atomic E-state index is 12.9. The number of carbonyl (C=O) groups is 3. The van der Waals surface area contributed by atoms with Gasteiger partial charge in [0.15, 0.2) is 0 Å². The Kier molecular flexibility index (Phi) is 5.79. The molecule has 0 saturated carbocycles. The molecule has 2 heterocycles. The van der Waals surface area contributed by atoms with Gasteiger partial charge in [-0.1, -0.05) is 28.2 Å². The number of hydrogen-bond acceptors (Lipinski definition) is 5. The van der Waals surface area contributed by atoms with Gasteiger partial charge in [-0.3, -0.25) is 9.69 Å². The van der Waals surface area contributed by atoms with Gasteiger partial charge in [0.05, 0.1) is 13.1 Å². The zero-order chi connectivity index (χ0) is 20.3. The second kappa shape index (κ2) is 8.10. The lowest BCUT2D eigenvalue weighted by Gasteiger charge is -2.31. The number of benzene rings is 1. The molecule has 2 fully saturated rings. The summed E-state index contributed by atoms with van der Waals surface area (Å²) < 4.78 is 35.3. The first-order valence-electron chi connectivity index (χ1n) is 8.62. The third-order valence-corrected chi connectivity index (χ3v) is 5.56. The van der Waals surface area contributed by atoms with E-state index < -0.39 is 16.4 Å².